The molecular weight excluding hydrogens is 431 g/mol. The molecule has 1 N–H and O–H groups in total. The average molecular weight is 452 g/mol. The third kappa shape index (κ3) is 6.32. The second kappa shape index (κ2) is 9.84. The van der Waals surface area contributed by atoms with Crippen LogP contribution >= 0.6 is 7.82 Å². The van der Waals surface area contributed by atoms with E-state index >= 15 is 0 Å². The monoisotopic (exact) mass is 452 g/mol. The van der Waals surface area contributed by atoms with Gasteiger partial charge >= 0.3 is 0 Å². The second-order valence-electron chi connectivity index (χ2n) is 7.03. The minimum Gasteiger partial charge on any atom is -0.756 e. The minimum absolute atomic E-state index is 0.310. The summed E-state index contributed by atoms with van der Waals surface area (Å²) in [6.07, 6.45) is 8.69. The van der Waals surface area contributed by atoms with E-state index in [1.807, 2.05) is 59.4 Å². The molecule has 1 aromatic carbocycles. The van der Waals surface area contributed by atoms with Crippen molar-refractivity contribution in [2.24, 2.45) is 0 Å². The summed E-state index contributed by atoms with van der Waals surface area (Å²) in [6.45, 7) is 0.732. The molecule has 0 saturated carbocycles. The van der Waals surface area contributed by atoms with Crippen molar-refractivity contribution < 1.29 is 28.2 Å². The number of benzene rings is 1. The summed E-state index contributed by atoms with van der Waals surface area (Å²) in [4.78, 5) is 23.7. The first-order valence-electron chi connectivity index (χ1n) is 9.76. The van der Waals surface area contributed by atoms with E-state index in [-0.39, 0.29) is 6.73 Å². The van der Waals surface area contributed by atoms with Crippen LogP contribution in [0.5, 0.6) is 5.88 Å². The summed E-state index contributed by atoms with van der Waals surface area (Å²) in [6, 6.07) is 17.3. The number of nitrogens with zero attached hydrogens (tertiary/aromatic N) is 4. The maximum absolute atomic E-state index is 10.8. The van der Waals surface area contributed by atoms with Crippen LogP contribution in [0.2, 0.25) is 0 Å². The normalized spacial score (nSPS) is 12.9. The first-order chi connectivity index (χ1) is 15.4. The van der Waals surface area contributed by atoms with E-state index in [1.165, 1.54) is 4.57 Å². The van der Waals surface area contributed by atoms with Crippen molar-refractivity contribution in [3.63, 3.8) is 0 Å². The van der Waals surface area contributed by atoms with Crippen LogP contribution in [0.25, 0.3) is 11.1 Å². The molecule has 10 heteroatoms. The van der Waals surface area contributed by atoms with Crippen LogP contribution in [0, 0.1) is 0 Å². The van der Waals surface area contributed by atoms with Crippen molar-refractivity contribution in [2.45, 2.75) is 19.9 Å². The number of pyridine rings is 2. The molecule has 4 rings (SSSR count). The number of rotatable bonds is 9. The fraction of sp³-hybridized carbons (Fsp3) is 0.136. The number of phosphoric acid groups is 1. The SMILES string of the molecule is O=P([O-])(O)OC[n+]1cccc(-c2cnn(Cc3ccc(COc4ccccn4)cc3)c2)c1. The standard InChI is InChI=1S/C22H21N4O5P/c27-32(28,29)31-17-25-11-3-4-20(14-25)21-12-24-26(15-21)13-18-6-8-19(9-7-18)16-30-22-5-1-2-10-23-22/h1-12,14-15H,13,16-17H2,(H-,27,28,29). The maximum Gasteiger partial charge on any atom is 0.270 e. The molecule has 1 unspecified atom stereocenters. The molecule has 4 aromatic rings. The van der Waals surface area contributed by atoms with Crippen LogP contribution < -0.4 is 14.2 Å². The molecule has 3 heterocycles. The summed E-state index contributed by atoms with van der Waals surface area (Å²) in [7, 11) is -4.78. The van der Waals surface area contributed by atoms with Gasteiger partial charge in [0.25, 0.3) is 14.6 Å². The lowest BCUT2D eigenvalue weighted by Crippen LogP contribution is -2.34. The summed E-state index contributed by atoms with van der Waals surface area (Å²) in [5, 5.41) is 4.41. The Morgan fingerprint density at radius 3 is 2.62 bits per heavy atom. The lowest BCUT2D eigenvalue weighted by molar-refractivity contribution is -0.726. The van der Waals surface area contributed by atoms with Gasteiger partial charge in [-0.05, 0) is 23.3 Å². The number of aromatic nitrogens is 4. The highest BCUT2D eigenvalue weighted by atomic mass is 31.2. The molecule has 32 heavy (non-hydrogen) atoms. The summed E-state index contributed by atoms with van der Waals surface area (Å²) >= 11 is 0. The average Bonchev–Trinajstić information content (AvgIpc) is 3.26. The quantitative estimate of drug-likeness (QED) is 0.306. The van der Waals surface area contributed by atoms with Crippen LogP contribution in [0.3, 0.4) is 0 Å². The van der Waals surface area contributed by atoms with Crippen LogP contribution in [0.1, 0.15) is 11.1 Å². The second-order valence-corrected chi connectivity index (χ2v) is 8.23. The maximum atomic E-state index is 10.8. The van der Waals surface area contributed by atoms with Crippen LogP contribution in [-0.4, -0.2) is 19.7 Å². The zero-order valence-corrected chi connectivity index (χ0v) is 17.9. The van der Waals surface area contributed by atoms with Crippen LogP contribution in [-0.2, 0) is 29.0 Å². The number of hydrogen-bond donors (Lipinski definition) is 1. The van der Waals surface area contributed by atoms with Crippen molar-refractivity contribution in [2.75, 3.05) is 0 Å². The Balaban J connectivity index is 1.36. The summed E-state index contributed by atoms with van der Waals surface area (Å²) < 4.78 is 24.2. The van der Waals surface area contributed by atoms with Gasteiger partial charge < -0.3 is 14.5 Å². The van der Waals surface area contributed by atoms with Gasteiger partial charge in [-0.25, -0.2) is 4.98 Å². The smallest absolute Gasteiger partial charge is 0.270 e. The van der Waals surface area contributed by atoms with Gasteiger partial charge in [0.1, 0.15) is 6.61 Å². The van der Waals surface area contributed by atoms with Gasteiger partial charge in [0.15, 0.2) is 12.4 Å². The van der Waals surface area contributed by atoms with Gasteiger partial charge in [-0.2, -0.15) is 9.67 Å². The van der Waals surface area contributed by atoms with E-state index < -0.39 is 7.82 Å². The summed E-state index contributed by atoms with van der Waals surface area (Å²) in [5.74, 6) is 0.591. The van der Waals surface area contributed by atoms with Crippen molar-refractivity contribution in [3.05, 3.63) is 96.7 Å². The molecule has 0 aliphatic rings. The van der Waals surface area contributed by atoms with Gasteiger partial charge in [0.2, 0.25) is 5.88 Å². The van der Waals surface area contributed by atoms with E-state index in [2.05, 4.69) is 14.6 Å². The molecule has 1 atom stereocenters. The Morgan fingerprint density at radius 1 is 1.06 bits per heavy atom. The lowest BCUT2D eigenvalue weighted by atomic mass is 10.1. The Morgan fingerprint density at radius 2 is 1.88 bits per heavy atom. The molecule has 0 radical (unpaired) electrons. The van der Waals surface area contributed by atoms with E-state index in [1.54, 1.807) is 30.9 Å². The third-order valence-electron chi connectivity index (χ3n) is 4.59. The number of phosphoric ester groups is 1. The predicted octanol–water partition coefficient (Wildman–Crippen LogP) is 2.29. The highest BCUT2D eigenvalue weighted by Gasteiger charge is 2.10. The fourth-order valence-corrected chi connectivity index (χ4v) is 3.31. The fourth-order valence-electron chi connectivity index (χ4n) is 3.03. The largest absolute Gasteiger partial charge is 0.756 e. The van der Waals surface area contributed by atoms with Crippen molar-refractivity contribution in [1.82, 2.24) is 14.8 Å². The molecule has 3 aromatic heterocycles. The van der Waals surface area contributed by atoms with Gasteiger partial charge in [-0.15, -0.1) is 0 Å². The first kappa shape index (κ1) is 21.9. The van der Waals surface area contributed by atoms with Crippen molar-refractivity contribution in [3.8, 4) is 17.0 Å². The minimum atomic E-state index is -4.78. The molecule has 164 valence electrons. The van der Waals surface area contributed by atoms with Crippen LogP contribution in [0.15, 0.2) is 85.6 Å². The van der Waals surface area contributed by atoms with Crippen LogP contribution in [0.4, 0.5) is 0 Å². The zero-order chi connectivity index (χ0) is 22.4. The molecule has 0 spiro atoms. The highest BCUT2D eigenvalue weighted by Crippen LogP contribution is 2.29. The topological polar surface area (TPSA) is 113 Å². The third-order valence-corrected chi connectivity index (χ3v) is 5.03. The van der Waals surface area contributed by atoms with E-state index in [4.69, 9.17) is 9.63 Å². The Hall–Kier alpha value is -3.36. The lowest BCUT2D eigenvalue weighted by Gasteiger charge is -2.12. The summed E-state index contributed by atoms with van der Waals surface area (Å²) in [5.41, 5.74) is 3.84. The Labute approximate surface area is 184 Å². The Bertz CT molecular complexity index is 1210. The van der Waals surface area contributed by atoms with Crippen molar-refractivity contribution >= 4 is 7.82 Å². The molecule has 0 amide bonds. The Kier molecular flexibility index (Phi) is 6.72. The van der Waals surface area contributed by atoms with E-state index in [0.29, 0.717) is 19.0 Å². The van der Waals surface area contributed by atoms with Crippen molar-refractivity contribution in [1.29, 1.82) is 0 Å². The molecule has 0 saturated heterocycles. The zero-order valence-electron chi connectivity index (χ0n) is 17.0. The molecular formula is C22H21N4O5P. The predicted molar refractivity (Wildman–Crippen MR) is 113 cm³/mol. The van der Waals surface area contributed by atoms with E-state index in [9.17, 15) is 9.46 Å². The van der Waals surface area contributed by atoms with Gasteiger partial charge in [0.05, 0.1) is 12.7 Å². The molecule has 0 fully saturated rings. The molecule has 9 nitrogen and oxygen atoms in total. The number of ether oxygens (including phenoxy) is 1. The van der Waals surface area contributed by atoms with Gasteiger partial charge in [0, 0.05) is 35.7 Å². The molecule has 0 bridgehead atoms. The van der Waals surface area contributed by atoms with Gasteiger partial charge in [-0.3, -0.25) is 13.8 Å². The first-order valence-corrected chi connectivity index (χ1v) is 11.3. The van der Waals surface area contributed by atoms with E-state index in [0.717, 1.165) is 22.3 Å². The number of hydrogen-bond acceptors (Lipinski definition) is 6. The molecule has 0 aliphatic heterocycles. The van der Waals surface area contributed by atoms with Gasteiger partial charge in [-0.1, -0.05) is 30.3 Å². The highest BCUT2D eigenvalue weighted by molar-refractivity contribution is 7.44. The molecule has 0 aliphatic carbocycles.